The van der Waals surface area contributed by atoms with E-state index in [9.17, 15) is 18.4 Å². The second-order valence-electron chi connectivity index (χ2n) is 13.2. The number of aromatic nitrogens is 3. The molecule has 1 aromatic carbocycles. The summed E-state index contributed by atoms with van der Waals surface area (Å²) in [6, 6.07) is 2.99. The van der Waals surface area contributed by atoms with E-state index in [-0.39, 0.29) is 40.5 Å². The average molecular weight is 666 g/mol. The molecule has 1 aliphatic heterocycles. The Bertz CT molecular complexity index is 1560. The van der Waals surface area contributed by atoms with Crippen molar-refractivity contribution in [2.24, 2.45) is 5.92 Å². The highest BCUT2D eigenvalue weighted by atomic mass is 35.5. The number of nitrogens with one attached hydrogen (secondary N) is 3. The third-order valence-corrected chi connectivity index (χ3v) is 9.19. The van der Waals surface area contributed by atoms with Crippen LogP contribution < -0.4 is 15.5 Å². The number of rotatable bonds is 7. The first-order valence-corrected chi connectivity index (χ1v) is 16.2. The van der Waals surface area contributed by atoms with E-state index in [4.69, 9.17) is 32.9 Å². The van der Waals surface area contributed by atoms with Crippen LogP contribution in [0.5, 0.6) is 0 Å². The summed E-state index contributed by atoms with van der Waals surface area (Å²) in [4.78, 5) is 40.3. The van der Waals surface area contributed by atoms with Crippen LogP contribution >= 0.6 is 23.2 Å². The molecule has 244 valence electrons. The molecule has 45 heavy (non-hydrogen) atoms. The molecular formula is C32H40Cl2F2N6O3. The van der Waals surface area contributed by atoms with Crippen molar-refractivity contribution in [1.29, 1.82) is 0 Å². The van der Waals surface area contributed by atoms with Gasteiger partial charge in [-0.25, -0.2) is 23.5 Å². The number of halogens is 4. The quantitative estimate of drug-likeness (QED) is 0.229. The minimum absolute atomic E-state index is 0.0373. The van der Waals surface area contributed by atoms with E-state index in [2.05, 4.69) is 27.5 Å². The summed E-state index contributed by atoms with van der Waals surface area (Å²) < 4.78 is 34.2. The first-order chi connectivity index (χ1) is 21.3. The monoisotopic (exact) mass is 664 g/mol. The highest BCUT2D eigenvalue weighted by Crippen LogP contribution is 2.34. The van der Waals surface area contributed by atoms with Gasteiger partial charge in [-0.2, -0.15) is 0 Å². The molecule has 1 saturated carbocycles. The molecule has 1 aliphatic carbocycles. The van der Waals surface area contributed by atoms with Gasteiger partial charge in [-0.1, -0.05) is 30.1 Å². The Hall–Kier alpha value is -3.18. The number of alkyl carbamates (subject to hydrolysis) is 1. The summed E-state index contributed by atoms with van der Waals surface area (Å²) in [6.07, 6.45) is 3.17. The second-order valence-corrected chi connectivity index (χ2v) is 13.9. The Labute approximate surface area is 271 Å². The maximum Gasteiger partial charge on any atom is 0.407 e. The summed E-state index contributed by atoms with van der Waals surface area (Å²) in [7, 11) is 0. The van der Waals surface area contributed by atoms with Crippen molar-refractivity contribution in [1.82, 2.24) is 25.6 Å². The third kappa shape index (κ3) is 8.16. The van der Waals surface area contributed by atoms with Crippen LogP contribution in [-0.4, -0.2) is 57.9 Å². The maximum absolute atomic E-state index is 14.9. The second kappa shape index (κ2) is 13.7. The normalized spacial score (nSPS) is 19.5. The van der Waals surface area contributed by atoms with Crippen molar-refractivity contribution in [3.05, 3.63) is 50.5 Å². The Balaban J connectivity index is 1.42. The van der Waals surface area contributed by atoms with Crippen LogP contribution in [0.3, 0.4) is 0 Å². The molecule has 2 amide bonds. The number of nitrogens with zero attached hydrogens (tertiary/aromatic N) is 3. The van der Waals surface area contributed by atoms with Crippen molar-refractivity contribution in [2.75, 3.05) is 18.0 Å². The number of pyridine rings is 1. The summed E-state index contributed by atoms with van der Waals surface area (Å²) in [5.41, 5.74) is 1.19. The summed E-state index contributed by atoms with van der Waals surface area (Å²) in [6.45, 7) is 8.24. The summed E-state index contributed by atoms with van der Waals surface area (Å²) in [5, 5.41) is 5.80. The van der Waals surface area contributed by atoms with Gasteiger partial charge in [-0.05, 0) is 82.9 Å². The van der Waals surface area contributed by atoms with Crippen LogP contribution in [0, 0.1) is 11.7 Å². The molecule has 0 radical (unpaired) electrons. The number of H-pyrrole nitrogens is 1. The van der Waals surface area contributed by atoms with Gasteiger partial charge >= 0.3 is 6.09 Å². The van der Waals surface area contributed by atoms with E-state index in [0.29, 0.717) is 65.8 Å². The smallest absolute Gasteiger partial charge is 0.407 e. The maximum atomic E-state index is 14.9. The van der Waals surface area contributed by atoms with Crippen LogP contribution in [0.1, 0.15) is 93.5 Å². The number of hydrogen-bond acceptors (Lipinski definition) is 6. The van der Waals surface area contributed by atoms with Crippen molar-refractivity contribution < 1.29 is 23.1 Å². The van der Waals surface area contributed by atoms with E-state index in [1.54, 1.807) is 26.8 Å². The van der Waals surface area contributed by atoms with Gasteiger partial charge in [-0.3, -0.25) is 4.79 Å². The van der Waals surface area contributed by atoms with Crippen molar-refractivity contribution >= 4 is 52.2 Å². The number of carbonyl (C=O) groups excluding carboxylic acids is 2. The van der Waals surface area contributed by atoms with Gasteiger partial charge in [0.05, 0.1) is 21.1 Å². The molecule has 0 unspecified atom stereocenters. The van der Waals surface area contributed by atoms with E-state index in [1.807, 2.05) is 4.90 Å². The van der Waals surface area contributed by atoms with Crippen molar-refractivity contribution in [3.8, 4) is 0 Å². The molecule has 3 N–H and O–H groups in total. The van der Waals surface area contributed by atoms with Crippen LogP contribution in [0.4, 0.5) is 19.4 Å². The van der Waals surface area contributed by atoms with Gasteiger partial charge in [-0.15, -0.1) is 0 Å². The fourth-order valence-electron chi connectivity index (χ4n) is 5.85. The lowest BCUT2D eigenvalue weighted by atomic mass is 9.87. The molecule has 0 atom stereocenters. The van der Waals surface area contributed by atoms with Crippen LogP contribution in [0.2, 0.25) is 10.0 Å². The van der Waals surface area contributed by atoms with Crippen molar-refractivity contribution in [3.63, 3.8) is 0 Å². The number of alkyl halides is 1. The molecule has 9 nitrogen and oxygen atoms in total. The number of carbonyl (C=O) groups is 2. The SMILES string of the molecule is CC1CCC(NC(=O)c2cc3[nH]c(Cc4c(Cl)c(F)cc(CNC(=O)OC(C)(C)C)c4Cl)nc3nc2N2CCC(F)CC2)CC1. The summed E-state index contributed by atoms with van der Waals surface area (Å²) in [5.74, 6) is 0.600. The van der Waals surface area contributed by atoms with E-state index >= 15 is 0 Å². The molecule has 3 aromatic rings. The minimum atomic E-state index is -0.881. The van der Waals surface area contributed by atoms with Gasteiger partial charge in [0.15, 0.2) is 5.65 Å². The summed E-state index contributed by atoms with van der Waals surface area (Å²) >= 11 is 13.0. The Morgan fingerprint density at radius 2 is 1.76 bits per heavy atom. The lowest BCUT2D eigenvalue weighted by Crippen LogP contribution is -2.40. The van der Waals surface area contributed by atoms with Gasteiger partial charge in [0.25, 0.3) is 5.91 Å². The minimum Gasteiger partial charge on any atom is -0.444 e. The van der Waals surface area contributed by atoms with Gasteiger partial charge in [0.1, 0.15) is 29.2 Å². The van der Waals surface area contributed by atoms with Crippen LogP contribution in [0.25, 0.3) is 11.2 Å². The number of ether oxygens (including phenoxy) is 1. The molecule has 1 saturated heterocycles. The standard InChI is InChI=1S/C32H40Cl2F2N6O3/c1-17-5-7-20(8-6-17)38-30(43)22-14-24-28(41-29(22)42-11-9-19(35)10-12-42)40-25(39-24)15-21-26(33)18(13-23(36)27(21)34)16-37-31(44)45-32(2,3)4/h13-14,17,19-20H,5-12,15-16H2,1-4H3,(H,37,44)(H,38,43)(H,39,40,41). The number of benzene rings is 1. The number of hydrogen-bond donors (Lipinski definition) is 3. The predicted octanol–water partition coefficient (Wildman–Crippen LogP) is 7.27. The van der Waals surface area contributed by atoms with E-state index in [0.717, 1.165) is 25.7 Å². The molecule has 0 spiro atoms. The van der Waals surface area contributed by atoms with Gasteiger partial charge < -0.3 is 25.3 Å². The molecule has 2 aliphatic rings. The molecule has 5 rings (SSSR count). The molecule has 0 bridgehead atoms. The highest BCUT2D eigenvalue weighted by Gasteiger charge is 2.28. The molecule has 13 heteroatoms. The van der Waals surface area contributed by atoms with Gasteiger partial charge in [0, 0.05) is 37.7 Å². The molecular weight excluding hydrogens is 625 g/mol. The number of anilines is 1. The van der Waals surface area contributed by atoms with E-state index < -0.39 is 23.7 Å². The van der Waals surface area contributed by atoms with Crippen molar-refractivity contribution in [2.45, 2.75) is 97.0 Å². The number of amides is 2. The highest BCUT2D eigenvalue weighted by molar-refractivity contribution is 6.36. The zero-order valence-electron chi connectivity index (χ0n) is 26.0. The van der Waals surface area contributed by atoms with Crippen LogP contribution in [-0.2, 0) is 17.7 Å². The van der Waals surface area contributed by atoms with Crippen LogP contribution in [0.15, 0.2) is 12.1 Å². The fourth-order valence-corrected chi connectivity index (χ4v) is 6.40. The molecule has 2 fully saturated rings. The Morgan fingerprint density at radius 1 is 1.07 bits per heavy atom. The number of fused-ring (bicyclic) bond motifs is 1. The molecule has 3 heterocycles. The zero-order chi connectivity index (χ0) is 32.5. The number of imidazole rings is 1. The third-order valence-electron chi connectivity index (χ3n) is 8.31. The largest absolute Gasteiger partial charge is 0.444 e. The number of aromatic amines is 1. The zero-order valence-corrected chi connectivity index (χ0v) is 27.5. The first kappa shape index (κ1) is 33.2. The predicted molar refractivity (Wildman–Crippen MR) is 171 cm³/mol. The number of piperidine rings is 1. The Kier molecular flexibility index (Phi) is 10.1. The topological polar surface area (TPSA) is 112 Å². The lowest BCUT2D eigenvalue weighted by Gasteiger charge is -2.31. The van der Waals surface area contributed by atoms with Gasteiger partial charge in [0.2, 0.25) is 0 Å². The van der Waals surface area contributed by atoms with E-state index in [1.165, 1.54) is 6.07 Å². The Morgan fingerprint density at radius 3 is 2.42 bits per heavy atom. The first-order valence-electron chi connectivity index (χ1n) is 15.5. The average Bonchev–Trinajstić information content (AvgIpc) is 3.38. The fraction of sp³-hybridized carbons (Fsp3) is 0.562. The molecule has 2 aromatic heterocycles. The lowest BCUT2D eigenvalue weighted by molar-refractivity contribution is 0.0523.